The number of nitrogens with zero attached hydrogens (tertiary/aromatic N) is 2. The Labute approximate surface area is 81.2 Å². The van der Waals surface area contributed by atoms with Crippen molar-refractivity contribution in [2.45, 2.75) is 6.92 Å². The summed E-state index contributed by atoms with van der Waals surface area (Å²) in [5.41, 5.74) is 2.45. The summed E-state index contributed by atoms with van der Waals surface area (Å²) in [4.78, 5) is 13.8. The minimum Gasteiger partial charge on any atom is -0.328 e. The lowest BCUT2D eigenvalue weighted by atomic mass is 10.2. The number of hydrogen-bond acceptors (Lipinski definition) is 2. The predicted octanol–water partition coefficient (Wildman–Crippen LogP) is 1.08. The summed E-state index contributed by atoms with van der Waals surface area (Å²) in [6, 6.07) is 3.74. The van der Waals surface area contributed by atoms with Gasteiger partial charge in [-0.25, -0.2) is 0 Å². The van der Waals surface area contributed by atoms with Crippen molar-refractivity contribution in [1.29, 1.82) is 0 Å². The Morgan fingerprint density at radius 2 is 2.29 bits per heavy atom. The van der Waals surface area contributed by atoms with Crippen LogP contribution in [-0.2, 0) is 7.05 Å². The normalized spacial score (nSPS) is 10.4. The first kappa shape index (κ1) is 8.74. The minimum absolute atomic E-state index is 0.0512. The van der Waals surface area contributed by atoms with Gasteiger partial charge in [0.15, 0.2) is 0 Å². The molecule has 2 aromatic heterocycles. The Kier molecular flexibility index (Phi) is 1.96. The molecule has 72 valence electrons. The van der Waals surface area contributed by atoms with Crippen molar-refractivity contribution >= 4 is 0 Å². The highest BCUT2D eigenvalue weighted by atomic mass is 16.1. The SMILES string of the molecule is Cc1cc(-c2ccn(C)n2)c[nH]c1=O. The minimum atomic E-state index is -0.0512. The maximum atomic E-state index is 11.1. The standard InChI is InChI=1S/C10H11N3O/c1-7-5-8(6-11-10(7)14)9-3-4-13(2)12-9/h3-6H,1-2H3,(H,11,14). The lowest BCUT2D eigenvalue weighted by Crippen LogP contribution is -2.07. The molecule has 0 aliphatic heterocycles. The second-order valence-electron chi connectivity index (χ2n) is 3.28. The fourth-order valence-electron chi connectivity index (χ4n) is 1.31. The summed E-state index contributed by atoms with van der Waals surface area (Å²) in [6.45, 7) is 1.78. The van der Waals surface area contributed by atoms with E-state index in [0.29, 0.717) is 5.56 Å². The van der Waals surface area contributed by atoms with Gasteiger partial charge in [0, 0.05) is 30.6 Å². The van der Waals surface area contributed by atoms with Crippen LogP contribution in [0.5, 0.6) is 0 Å². The maximum Gasteiger partial charge on any atom is 0.250 e. The summed E-state index contributed by atoms with van der Waals surface area (Å²) in [6.07, 6.45) is 3.55. The summed E-state index contributed by atoms with van der Waals surface area (Å²) in [5, 5.41) is 4.25. The second kappa shape index (κ2) is 3.14. The predicted molar refractivity (Wildman–Crippen MR) is 54.0 cm³/mol. The summed E-state index contributed by atoms with van der Waals surface area (Å²) < 4.78 is 1.73. The monoisotopic (exact) mass is 189 g/mol. The van der Waals surface area contributed by atoms with Crippen molar-refractivity contribution in [3.05, 3.63) is 40.4 Å². The quantitative estimate of drug-likeness (QED) is 0.729. The highest BCUT2D eigenvalue weighted by Gasteiger charge is 2.02. The fourth-order valence-corrected chi connectivity index (χ4v) is 1.31. The van der Waals surface area contributed by atoms with Crippen molar-refractivity contribution in [2.75, 3.05) is 0 Å². The molecule has 0 saturated carbocycles. The first-order chi connectivity index (χ1) is 6.66. The zero-order chi connectivity index (χ0) is 10.1. The molecular formula is C10H11N3O. The molecular weight excluding hydrogens is 178 g/mol. The molecule has 4 heteroatoms. The number of hydrogen-bond donors (Lipinski definition) is 1. The molecule has 0 bridgehead atoms. The molecule has 0 fully saturated rings. The number of aromatic nitrogens is 3. The van der Waals surface area contributed by atoms with Crippen molar-refractivity contribution in [3.63, 3.8) is 0 Å². The number of aromatic amines is 1. The van der Waals surface area contributed by atoms with Gasteiger partial charge in [0.1, 0.15) is 0 Å². The van der Waals surface area contributed by atoms with Crippen LogP contribution in [0.4, 0.5) is 0 Å². The maximum absolute atomic E-state index is 11.1. The van der Waals surface area contributed by atoms with E-state index in [0.717, 1.165) is 11.3 Å². The van der Waals surface area contributed by atoms with Crippen molar-refractivity contribution in [1.82, 2.24) is 14.8 Å². The molecule has 0 radical (unpaired) electrons. The average Bonchev–Trinajstić information content (AvgIpc) is 2.57. The van der Waals surface area contributed by atoms with Gasteiger partial charge in [-0.2, -0.15) is 5.10 Å². The highest BCUT2D eigenvalue weighted by molar-refractivity contribution is 5.57. The van der Waals surface area contributed by atoms with Gasteiger partial charge < -0.3 is 4.98 Å². The van der Waals surface area contributed by atoms with Crippen LogP contribution >= 0.6 is 0 Å². The fraction of sp³-hybridized carbons (Fsp3) is 0.200. The smallest absolute Gasteiger partial charge is 0.250 e. The van der Waals surface area contributed by atoms with E-state index in [-0.39, 0.29) is 5.56 Å². The average molecular weight is 189 g/mol. The van der Waals surface area contributed by atoms with E-state index in [9.17, 15) is 4.79 Å². The molecule has 2 rings (SSSR count). The molecule has 0 aromatic carbocycles. The zero-order valence-corrected chi connectivity index (χ0v) is 8.11. The van der Waals surface area contributed by atoms with E-state index >= 15 is 0 Å². The summed E-state index contributed by atoms with van der Waals surface area (Å²) in [5.74, 6) is 0. The Hall–Kier alpha value is -1.84. The van der Waals surface area contributed by atoms with Gasteiger partial charge >= 0.3 is 0 Å². The van der Waals surface area contributed by atoms with Gasteiger partial charge in [-0.1, -0.05) is 0 Å². The van der Waals surface area contributed by atoms with Crippen molar-refractivity contribution in [3.8, 4) is 11.3 Å². The number of nitrogens with one attached hydrogen (secondary N) is 1. The first-order valence-corrected chi connectivity index (χ1v) is 4.36. The number of H-pyrrole nitrogens is 1. The van der Waals surface area contributed by atoms with Crippen LogP contribution in [0.1, 0.15) is 5.56 Å². The van der Waals surface area contributed by atoms with Gasteiger partial charge in [-0.05, 0) is 19.1 Å². The largest absolute Gasteiger partial charge is 0.328 e. The van der Waals surface area contributed by atoms with E-state index in [1.54, 1.807) is 17.8 Å². The van der Waals surface area contributed by atoms with E-state index < -0.39 is 0 Å². The molecule has 0 saturated heterocycles. The molecule has 4 nitrogen and oxygen atoms in total. The van der Waals surface area contributed by atoms with Crippen LogP contribution in [-0.4, -0.2) is 14.8 Å². The Bertz CT molecular complexity index is 510. The second-order valence-corrected chi connectivity index (χ2v) is 3.28. The third kappa shape index (κ3) is 1.46. The van der Waals surface area contributed by atoms with Gasteiger partial charge in [0.05, 0.1) is 5.69 Å². The Morgan fingerprint density at radius 1 is 1.50 bits per heavy atom. The molecule has 1 N–H and O–H groups in total. The van der Waals surface area contributed by atoms with Crippen molar-refractivity contribution in [2.24, 2.45) is 7.05 Å². The van der Waals surface area contributed by atoms with E-state index in [1.165, 1.54) is 0 Å². The third-order valence-corrected chi connectivity index (χ3v) is 2.10. The highest BCUT2D eigenvalue weighted by Crippen LogP contribution is 2.14. The third-order valence-electron chi connectivity index (χ3n) is 2.10. The number of aryl methyl sites for hydroxylation is 2. The Balaban J connectivity index is 2.52. The first-order valence-electron chi connectivity index (χ1n) is 4.36. The number of pyridine rings is 1. The molecule has 0 spiro atoms. The van der Waals surface area contributed by atoms with E-state index in [1.807, 2.05) is 25.4 Å². The van der Waals surface area contributed by atoms with Gasteiger partial charge in [0.25, 0.3) is 5.56 Å². The van der Waals surface area contributed by atoms with E-state index in [2.05, 4.69) is 10.1 Å². The molecule has 0 unspecified atom stereocenters. The summed E-state index contributed by atoms with van der Waals surface area (Å²) in [7, 11) is 1.86. The molecule has 14 heavy (non-hydrogen) atoms. The van der Waals surface area contributed by atoms with Gasteiger partial charge in [0.2, 0.25) is 0 Å². The van der Waals surface area contributed by atoms with Crippen LogP contribution in [0, 0.1) is 6.92 Å². The van der Waals surface area contributed by atoms with Crippen LogP contribution < -0.4 is 5.56 Å². The van der Waals surface area contributed by atoms with Crippen LogP contribution in [0.3, 0.4) is 0 Å². The molecule has 0 amide bonds. The molecule has 0 aliphatic rings. The molecule has 0 aliphatic carbocycles. The topological polar surface area (TPSA) is 50.7 Å². The zero-order valence-electron chi connectivity index (χ0n) is 8.11. The lowest BCUT2D eigenvalue weighted by molar-refractivity contribution is 0.770. The van der Waals surface area contributed by atoms with Crippen LogP contribution in [0.15, 0.2) is 29.3 Å². The van der Waals surface area contributed by atoms with Gasteiger partial charge in [-0.15, -0.1) is 0 Å². The van der Waals surface area contributed by atoms with E-state index in [4.69, 9.17) is 0 Å². The van der Waals surface area contributed by atoms with Crippen molar-refractivity contribution < 1.29 is 0 Å². The lowest BCUT2D eigenvalue weighted by Gasteiger charge is -1.97. The number of rotatable bonds is 1. The Morgan fingerprint density at radius 3 is 2.86 bits per heavy atom. The molecule has 0 atom stereocenters. The van der Waals surface area contributed by atoms with Crippen LogP contribution in [0.25, 0.3) is 11.3 Å². The summed E-state index contributed by atoms with van der Waals surface area (Å²) >= 11 is 0. The van der Waals surface area contributed by atoms with Crippen LogP contribution in [0.2, 0.25) is 0 Å². The molecule has 2 aromatic rings. The van der Waals surface area contributed by atoms with Gasteiger partial charge in [-0.3, -0.25) is 9.48 Å². The molecule has 2 heterocycles.